The van der Waals surface area contributed by atoms with Crippen LogP contribution in [-0.2, 0) is 11.2 Å². The Kier molecular flexibility index (Phi) is 3.57. The molecule has 0 saturated carbocycles. The number of hydrogen-bond donors (Lipinski definition) is 3. The second kappa shape index (κ2) is 5.90. The molecule has 2 amide bonds. The van der Waals surface area contributed by atoms with Crippen molar-refractivity contribution in [3.63, 3.8) is 0 Å². The van der Waals surface area contributed by atoms with Crippen molar-refractivity contribution in [2.45, 2.75) is 19.3 Å². The maximum absolute atomic E-state index is 11.6. The lowest BCUT2D eigenvalue weighted by Crippen LogP contribution is -2.09. The minimum absolute atomic E-state index is 0.0311. The van der Waals surface area contributed by atoms with Crippen LogP contribution in [-0.4, -0.2) is 26.9 Å². The van der Waals surface area contributed by atoms with Crippen LogP contribution in [0, 0.1) is 0 Å². The summed E-state index contributed by atoms with van der Waals surface area (Å²) >= 11 is 0. The number of aromatic amines is 1. The zero-order valence-corrected chi connectivity index (χ0v) is 13.2. The normalized spacial score (nSPS) is 13.8. The van der Waals surface area contributed by atoms with Gasteiger partial charge in [-0.25, -0.2) is 0 Å². The number of fused-ring (bicyclic) bond motifs is 1. The lowest BCUT2D eigenvalue weighted by molar-refractivity contribution is -0.116. The number of primary amides is 1. The fourth-order valence-corrected chi connectivity index (χ4v) is 2.82. The number of H-pyrrole nitrogens is 1. The van der Waals surface area contributed by atoms with Crippen LogP contribution in [0.2, 0.25) is 0 Å². The van der Waals surface area contributed by atoms with Gasteiger partial charge in [-0.2, -0.15) is 4.98 Å². The van der Waals surface area contributed by atoms with Crippen molar-refractivity contribution in [3.05, 3.63) is 41.6 Å². The van der Waals surface area contributed by atoms with E-state index in [0.717, 1.165) is 29.7 Å². The Hall–Kier alpha value is -3.42. The molecule has 0 atom stereocenters. The third-order valence-electron chi connectivity index (χ3n) is 4.11. The standard InChI is InChI=1S/C17H15N5O3/c18-15(24)11-7-13(19-8-11)16-21-17(25-22-16)10-4-5-12-9(6-10)2-1-3-14(23)20-12/h4-8,19H,1-3H2,(H2,18,24)(H,20,23). The van der Waals surface area contributed by atoms with Gasteiger partial charge in [0.25, 0.3) is 5.89 Å². The van der Waals surface area contributed by atoms with E-state index >= 15 is 0 Å². The molecule has 0 unspecified atom stereocenters. The number of anilines is 1. The van der Waals surface area contributed by atoms with Crippen LogP contribution in [0.3, 0.4) is 0 Å². The largest absolute Gasteiger partial charge is 0.366 e. The van der Waals surface area contributed by atoms with Crippen molar-refractivity contribution in [1.29, 1.82) is 0 Å². The molecule has 0 aliphatic carbocycles. The third-order valence-corrected chi connectivity index (χ3v) is 4.11. The Bertz CT molecular complexity index is 972. The molecule has 0 radical (unpaired) electrons. The van der Waals surface area contributed by atoms with Gasteiger partial charge < -0.3 is 20.6 Å². The van der Waals surface area contributed by atoms with Crippen LogP contribution in [0.4, 0.5) is 5.69 Å². The van der Waals surface area contributed by atoms with Crippen LogP contribution in [0.15, 0.2) is 35.0 Å². The third kappa shape index (κ3) is 2.89. The summed E-state index contributed by atoms with van der Waals surface area (Å²) < 4.78 is 5.33. The number of nitrogens with one attached hydrogen (secondary N) is 2. The molecule has 3 aromatic rings. The highest BCUT2D eigenvalue weighted by Crippen LogP contribution is 2.28. The Morgan fingerprint density at radius 3 is 2.92 bits per heavy atom. The van der Waals surface area contributed by atoms with Gasteiger partial charge in [0.1, 0.15) is 0 Å². The number of hydrogen-bond acceptors (Lipinski definition) is 5. The number of amides is 2. The molecule has 4 rings (SSSR count). The molecule has 1 aliphatic rings. The molecule has 2 aromatic heterocycles. The van der Waals surface area contributed by atoms with Crippen molar-refractivity contribution >= 4 is 17.5 Å². The molecule has 25 heavy (non-hydrogen) atoms. The Labute approximate surface area is 142 Å². The van der Waals surface area contributed by atoms with Crippen LogP contribution in [0.5, 0.6) is 0 Å². The number of aromatic nitrogens is 3. The van der Waals surface area contributed by atoms with Gasteiger partial charge in [0.2, 0.25) is 17.6 Å². The van der Waals surface area contributed by atoms with E-state index in [1.807, 2.05) is 18.2 Å². The number of nitrogens with zero attached hydrogens (tertiary/aromatic N) is 2. The highest BCUT2D eigenvalue weighted by atomic mass is 16.5. The fourth-order valence-electron chi connectivity index (χ4n) is 2.82. The van der Waals surface area contributed by atoms with E-state index in [1.54, 1.807) is 6.07 Å². The van der Waals surface area contributed by atoms with Gasteiger partial charge >= 0.3 is 0 Å². The van der Waals surface area contributed by atoms with E-state index in [0.29, 0.717) is 29.4 Å². The predicted octanol–water partition coefficient (Wildman–Crippen LogP) is 2.11. The molecule has 0 bridgehead atoms. The summed E-state index contributed by atoms with van der Waals surface area (Å²) in [6.07, 6.45) is 3.62. The van der Waals surface area contributed by atoms with E-state index in [2.05, 4.69) is 20.4 Å². The monoisotopic (exact) mass is 337 g/mol. The quantitative estimate of drug-likeness (QED) is 0.674. The smallest absolute Gasteiger partial charge is 0.258 e. The minimum Gasteiger partial charge on any atom is -0.366 e. The number of nitrogens with two attached hydrogens (primary N) is 1. The number of benzene rings is 1. The first kappa shape index (κ1) is 15.1. The highest BCUT2D eigenvalue weighted by molar-refractivity contribution is 5.94. The summed E-state index contributed by atoms with van der Waals surface area (Å²) in [7, 11) is 0. The average Bonchev–Trinajstić information content (AvgIpc) is 3.21. The summed E-state index contributed by atoms with van der Waals surface area (Å²) in [6, 6.07) is 7.19. The molecule has 126 valence electrons. The molecule has 4 N–H and O–H groups in total. The number of aryl methyl sites for hydroxylation is 1. The summed E-state index contributed by atoms with van der Waals surface area (Å²) in [5, 5.41) is 6.83. The Balaban J connectivity index is 1.64. The molecular weight excluding hydrogens is 322 g/mol. The van der Waals surface area contributed by atoms with Gasteiger partial charge in [-0.05, 0) is 42.7 Å². The number of carbonyl (C=O) groups excluding carboxylic acids is 2. The summed E-state index contributed by atoms with van der Waals surface area (Å²) in [5.74, 6) is 0.205. The SMILES string of the molecule is NC(=O)c1c[nH]c(-c2noc(-c3ccc4c(c3)CCCC(=O)N4)n2)c1. The fraction of sp³-hybridized carbons (Fsp3) is 0.176. The summed E-state index contributed by atoms with van der Waals surface area (Å²) in [5.41, 5.74) is 8.77. The van der Waals surface area contributed by atoms with Gasteiger partial charge in [-0.3, -0.25) is 9.59 Å². The Morgan fingerprint density at radius 1 is 1.24 bits per heavy atom. The molecule has 8 heteroatoms. The van der Waals surface area contributed by atoms with Gasteiger partial charge in [0, 0.05) is 23.9 Å². The van der Waals surface area contributed by atoms with Crippen molar-refractivity contribution in [2.75, 3.05) is 5.32 Å². The molecule has 0 spiro atoms. The van der Waals surface area contributed by atoms with Crippen molar-refractivity contribution in [2.24, 2.45) is 5.73 Å². The van der Waals surface area contributed by atoms with E-state index < -0.39 is 5.91 Å². The highest BCUT2D eigenvalue weighted by Gasteiger charge is 2.17. The van der Waals surface area contributed by atoms with E-state index in [4.69, 9.17) is 10.3 Å². The van der Waals surface area contributed by atoms with Crippen molar-refractivity contribution in [1.82, 2.24) is 15.1 Å². The first-order valence-electron chi connectivity index (χ1n) is 7.85. The lowest BCUT2D eigenvalue weighted by Gasteiger charge is -2.07. The molecule has 8 nitrogen and oxygen atoms in total. The van der Waals surface area contributed by atoms with Gasteiger partial charge in [-0.1, -0.05) is 5.16 Å². The zero-order chi connectivity index (χ0) is 17.4. The zero-order valence-electron chi connectivity index (χ0n) is 13.2. The summed E-state index contributed by atoms with van der Waals surface area (Å²) in [4.78, 5) is 30.1. The maximum atomic E-state index is 11.6. The van der Waals surface area contributed by atoms with Gasteiger partial charge in [-0.15, -0.1) is 0 Å². The van der Waals surface area contributed by atoms with Gasteiger partial charge in [0.05, 0.1) is 11.3 Å². The topological polar surface area (TPSA) is 127 Å². The lowest BCUT2D eigenvalue weighted by atomic mass is 10.0. The number of rotatable bonds is 3. The van der Waals surface area contributed by atoms with Crippen molar-refractivity contribution in [3.8, 4) is 23.0 Å². The van der Waals surface area contributed by atoms with E-state index in [9.17, 15) is 9.59 Å². The second-order valence-electron chi connectivity index (χ2n) is 5.86. The second-order valence-corrected chi connectivity index (χ2v) is 5.86. The first-order valence-corrected chi connectivity index (χ1v) is 7.85. The predicted molar refractivity (Wildman–Crippen MR) is 89.6 cm³/mol. The molecule has 1 aromatic carbocycles. The molecule has 3 heterocycles. The van der Waals surface area contributed by atoms with Crippen LogP contribution >= 0.6 is 0 Å². The number of carbonyl (C=O) groups is 2. The molecule has 0 fully saturated rings. The van der Waals surface area contributed by atoms with E-state index in [-0.39, 0.29) is 5.91 Å². The molecule has 1 aliphatic heterocycles. The molecular formula is C17H15N5O3. The summed E-state index contributed by atoms with van der Waals surface area (Å²) in [6.45, 7) is 0. The van der Waals surface area contributed by atoms with Crippen LogP contribution < -0.4 is 11.1 Å². The Morgan fingerprint density at radius 2 is 2.12 bits per heavy atom. The van der Waals surface area contributed by atoms with E-state index in [1.165, 1.54) is 6.20 Å². The van der Waals surface area contributed by atoms with Gasteiger partial charge in [0.15, 0.2) is 0 Å². The average molecular weight is 337 g/mol. The van der Waals surface area contributed by atoms with Crippen LogP contribution in [0.25, 0.3) is 23.0 Å². The molecule has 0 saturated heterocycles. The maximum Gasteiger partial charge on any atom is 0.258 e. The minimum atomic E-state index is -0.529. The first-order chi connectivity index (χ1) is 12.1. The van der Waals surface area contributed by atoms with Crippen LogP contribution in [0.1, 0.15) is 28.8 Å². The van der Waals surface area contributed by atoms with Crippen molar-refractivity contribution < 1.29 is 14.1 Å².